The van der Waals surface area contributed by atoms with E-state index in [1.165, 1.54) is 0 Å². The van der Waals surface area contributed by atoms with Gasteiger partial charge in [-0.1, -0.05) is 29.3 Å². The molecule has 1 heterocycles. The smallest absolute Gasteiger partial charge is 0.228 e. The van der Waals surface area contributed by atoms with E-state index < -0.39 is 0 Å². The Balaban J connectivity index is 2.01. The van der Waals surface area contributed by atoms with Gasteiger partial charge in [-0.05, 0) is 44.8 Å². The Morgan fingerprint density at radius 3 is 2.50 bits per heavy atom. The molecule has 1 amide bonds. The fourth-order valence-corrected chi connectivity index (χ4v) is 2.75. The van der Waals surface area contributed by atoms with Crippen LogP contribution in [0.5, 0.6) is 0 Å². The van der Waals surface area contributed by atoms with Crippen molar-refractivity contribution in [2.75, 3.05) is 40.3 Å². The Kier molecular flexibility index (Phi) is 6.50. The second-order valence-corrected chi connectivity index (χ2v) is 6.83. The standard InChI is InChI=1S/C16H23Cl2N3O/c1-20(2)6-3-7-21(16(22)13-9-19-10-13)11-12-4-5-14(17)15(18)8-12/h4-5,8,13,19H,3,6-7,9-11H2,1-2H3. The minimum absolute atomic E-state index is 0.113. The summed E-state index contributed by atoms with van der Waals surface area (Å²) in [5, 5.41) is 4.23. The molecule has 0 bridgehead atoms. The zero-order valence-electron chi connectivity index (χ0n) is 13.1. The first-order valence-corrected chi connectivity index (χ1v) is 8.31. The van der Waals surface area contributed by atoms with Gasteiger partial charge in [-0.2, -0.15) is 0 Å². The van der Waals surface area contributed by atoms with Gasteiger partial charge in [0.25, 0.3) is 0 Å². The number of amides is 1. The van der Waals surface area contributed by atoms with Crippen LogP contribution in [0.1, 0.15) is 12.0 Å². The third-order valence-electron chi connectivity index (χ3n) is 3.83. The number of hydrogen-bond acceptors (Lipinski definition) is 3. The molecular formula is C16H23Cl2N3O. The number of carbonyl (C=O) groups excluding carboxylic acids is 1. The van der Waals surface area contributed by atoms with Gasteiger partial charge in [0.2, 0.25) is 5.91 Å². The molecule has 1 N–H and O–H groups in total. The first-order valence-electron chi connectivity index (χ1n) is 7.55. The van der Waals surface area contributed by atoms with Crippen molar-refractivity contribution < 1.29 is 4.79 Å². The van der Waals surface area contributed by atoms with Gasteiger partial charge in [0.05, 0.1) is 16.0 Å². The molecule has 0 saturated carbocycles. The summed E-state index contributed by atoms with van der Waals surface area (Å²) >= 11 is 12.0. The molecule has 0 atom stereocenters. The number of halogens is 2. The largest absolute Gasteiger partial charge is 0.338 e. The lowest BCUT2D eigenvalue weighted by Crippen LogP contribution is -2.52. The van der Waals surface area contributed by atoms with E-state index in [9.17, 15) is 4.79 Å². The van der Waals surface area contributed by atoms with Crippen molar-refractivity contribution in [3.63, 3.8) is 0 Å². The van der Waals surface area contributed by atoms with Gasteiger partial charge in [0.15, 0.2) is 0 Å². The maximum absolute atomic E-state index is 12.6. The molecule has 2 rings (SSSR count). The first kappa shape index (κ1) is 17.5. The maximum Gasteiger partial charge on any atom is 0.228 e. The third-order valence-corrected chi connectivity index (χ3v) is 4.57. The van der Waals surface area contributed by atoms with Gasteiger partial charge < -0.3 is 15.1 Å². The average Bonchev–Trinajstić information content (AvgIpc) is 2.39. The molecule has 1 aliphatic heterocycles. The number of nitrogens with zero attached hydrogens (tertiary/aromatic N) is 2. The SMILES string of the molecule is CN(C)CCCN(Cc1ccc(Cl)c(Cl)c1)C(=O)C1CNC1. The Morgan fingerprint density at radius 2 is 1.95 bits per heavy atom. The molecule has 0 unspecified atom stereocenters. The zero-order valence-corrected chi connectivity index (χ0v) is 14.6. The first-order chi connectivity index (χ1) is 10.5. The van der Waals surface area contributed by atoms with Crippen LogP contribution in [0.4, 0.5) is 0 Å². The van der Waals surface area contributed by atoms with Crippen molar-refractivity contribution in [3.8, 4) is 0 Å². The molecule has 0 aromatic heterocycles. The van der Waals surface area contributed by atoms with E-state index in [0.717, 1.165) is 38.2 Å². The maximum atomic E-state index is 12.6. The van der Waals surface area contributed by atoms with Gasteiger partial charge >= 0.3 is 0 Å². The summed E-state index contributed by atoms with van der Waals surface area (Å²) in [5.41, 5.74) is 1.01. The fourth-order valence-electron chi connectivity index (χ4n) is 2.42. The summed E-state index contributed by atoms with van der Waals surface area (Å²) < 4.78 is 0. The van der Waals surface area contributed by atoms with Crippen molar-refractivity contribution >= 4 is 29.1 Å². The number of carbonyl (C=O) groups is 1. The monoisotopic (exact) mass is 343 g/mol. The molecular weight excluding hydrogens is 321 g/mol. The molecule has 1 aromatic carbocycles. The third kappa shape index (κ3) is 4.85. The second kappa shape index (κ2) is 8.16. The number of benzene rings is 1. The summed E-state index contributed by atoms with van der Waals surface area (Å²) in [7, 11) is 4.09. The molecule has 6 heteroatoms. The van der Waals surface area contributed by atoms with E-state index in [1.807, 2.05) is 31.1 Å². The van der Waals surface area contributed by atoms with Crippen LogP contribution in [0.15, 0.2) is 18.2 Å². The van der Waals surface area contributed by atoms with Crippen LogP contribution in [0, 0.1) is 5.92 Å². The Labute approximate surface area is 142 Å². The molecule has 0 spiro atoms. The normalized spacial score (nSPS) is 15.0. The summed E-state index contributed by atoms with van der Waals surface area (Å²) in [5.74, 6) is 0.339. The molecule has 1 saturated heterocycles. The molecule has 1 aliphatic rings. The highest BCUT2D eigenvalue weighted by atomic mass is 35.5. The average molecular weight is 344 g/mol. The Hall–Kier alpha value is -0.810. The molecule has 4 nitrogen and oxygen atoms in total. The minimum atomic E-state index is 0.113. The van der Waals surface area contributed by atoms with E-state index in [0.29, 0.717) is 16.6 Å². The predicted molar refractivity (Wildman–Crippen MR) is 91.4 cm³/mol. The highest BCUT2D eigenvalue weighted by Gasteiger charge is 2.29. The van der Waals surface area contributed by atoms with Gasteiger partial charge in [0, 0.05) is 26.2 Å². The topological polar surface area (TPSA) is 35.6 Å². The zero-order chi connectivity index (χ0) is 16.1. The summed E-state index contributed by atoms with van der Waals surface area (Å²) in [6, 6.07) is 5.56. The minimum Gasteiger partial charge on any atom is -0.338 e. The number of nitrogens with one attached hydrogen (secondary N) is 1. The van der Waals surface area contributed by atoms with E-state index >= 15 is 0 Å². The fraction of sp³-hybridized carbons (Fsp3) is 0.562. The van der Waals surface area contributed by atoms with Crippen molar-refractivity contribution in [1.29, 1.82) is 0 Å². The molecule has 1 aromatic rings. The molecule has 0 radical (unpaired) electrons. The van der Waals surface area contributed by atoms with Gasteiger partial charge in [-0.3, -0.25) is 4.79 Å². The van der Waals surface area contributed by atoms with Crippen LogP contribution in [-0.4, -0.2) is 56.0 Å². The van der Waals surface area contributed by atoms with Gasteiger partial charge in [-0.25, -0.2) is 0 Å². The Bertz CT molecular complexity index is 518. The quantitative estimate of drug-likeness (QED) is 0.826. The lowest BCUT2D eigenvalue weighted by molar-refractivity contribution is -0.137. The molecule has 122 valence electrons. The van der Waals surface area contributed by atoms with Gasteiger partial charge in [0.1, 0.15) is 0 Å². The molecule has 0 aliphatic carbocycles. The van der Waals surface area contributed by atoms with Crippen molar-refractivity contribution in [3.05, 3.63) is 33.8 Å². The van der Waals surface area contributed by atoms with Crippen LogP contribution < -0.4 is 5.32 Å². The van der Waals surface area contributed by atoms with E-state index in [-0.39, 0.29) is 11.8 Å². The second-order valence-electron chi connectivity index (χ2n) is 6.02. The number of hydrogen-bond donors (Lipinski definition) is 1. The lowest BCUT2D eigenvalue weighted by Gasteiger charge is -2.33. The van der Waals surface area contributed by atoms with Gasteiger partial charge in [-0.15, -0.1) is 0 Å². The van der Waals surface area contributed by atoms with Crippen LogP contribution in [0.3, 0.4) is 0 Å². The molecule has 1 fully saturated rings. The number of rotatable bonds is 7. The summed E-state index contributed by atoms with van der Waals surface area (Å²) in [6.07, 6.45) is 0.959. The van der Waals surface area contributed by atoms with E-state index in [4.69, 9.17) is 23.2 Å². The summed E-state index contributed by atoms with van der Waals surface area (Å²) in [6.45, 7) is 3.87. The Morgan fingerprint density at radius 1 is 1.23 bits per heavy atom. The van der Waals surface area contributed by atoms with Crippen LogP contribution >= 0.6 is 23.2 Å². The van der Waals surface area contributed by atoms with Crippen LogP contribution in [0.2, 0.25) is 10.0 Å². The van der Waals surface area contributed by atoms with E-state index in [2.05, 4.69) is 10.2 Å². The van der Waals surface area contributed by atoms with E-state index in [1.54, 1.807) is 6.07 Å². The highest BCUT2D eigenvalue weighted by Crippen LogP contribution is 2.23. The summed E-state index contributed by atoms with van der Waals surface area (Å²) in [4.78, 5) is 16.6. The van der Waals surface area contributed by atoms with Crippen LogP contribution in [-0.2, 0) is 11.3 Å². The van der Waals surface area contributed by atoms with Crippen LogP contribution in [0.25, 0.3) is 0 Å². The van der Waals surface area contributed by atoms with Crippen molar-refractivity contribution in [2.45, 2.75) is 13.0 Å². The lowest BCUT2D eigenvalue weighted by atomic mass is 10.0. The molecule has 22 heavy (non-hydrogen) atoms. The highest BCUT2D eigenvalue weighted by molar-refractivity contribution is 6.42. The van der Waals surface area contributed by atoms with Crippen molar-refractivity contribution in [2.24, 2.45) is 5.92 Å². The van der Waals surface area contributed by atoms with Crippen molar-refractivity contribution in [1.82, 2.24) is 15.1 Å². The predicted octanol–water partition coefficient (Wildman–Crippen LogP) is 2.49.